The van der Waals surface area contributed by atoms with Gasteiger partial charge in [-0.2, -0.15) is 0 Å². The molecule has 1 heterocycles. The molecular weight excluding hydrogens is 292 g/mol. The number of hydrogen-bond acceptors (Lipinski definition) is 3. The Labute approximate surface area is 127 Å². The molecule has 0 saturated carbocycles. The number of imide groups is 2. The van der Waals surface area contributed by atoms with Crippen LogP contribution in [0.15, 0.2) is 24.3 Å². The minimum atomic E-state index is -0.834. The molecule has 1 aliphatic heterocycles. The molecule has 21 heavy (non-hydrogen) atoms. The first-order valence-corrected chi connectivity index (χ1v) is 6.73. The maximum absolute atomic E-state index is 12.0. The fourth-order valence-electron chi connectivity index (χ4n) is 1.87. The monoisotopic (exact) mass is 304 g/mol. The van der Waals surface area contributed by atoms with E-state index in [0.29, 0.717) is 10.6 Å². The number of carbonyl (C=O) groups is 3. The van der Waals surface area contributed by atoms with E-state index in [1.807, 2.05) is 0 Å². The van der Waals surface area contributed by atoms with Crippen molar-refractivity contribution in [2.75, 3.05) is 6.54 Å². The molecule has 1 saturated heterocycles. The van der Waals surface area contributed by atoms with Crippen LogP contribution in [0.3, 0.4) is 0 Å². The largest absolute Gasteiger partial charge is 0.335 e. The smallest absolute Gasteiger partial charge is 0.263 e. The third-order valence-corrected chi connectivity index (χ3v) is 3.17. The first kappa shape index (κ1) is 15.1. The Morgan fingerprint density at radius 3 is 2.24 bits per heavy atom. The van der Waals surface area contributed by atoms with Crippen LogP contribution >= 0.6 is 11.6 Å². The second-order valence-corrected chi connectivity index (χ2v) is 5.19. The average Bonchev–Trinajstić information content (AvgIpc) is 2.64. The summed E-state index contributed by atoms with van der Waals surface area (Å²) in [5.74, 6) is 3.89. The molecule has 0 aliphatic carbocycles. The van der Waals surface area contributed by atoms with Gasteiger partial charge in [0, 0.05) is 16.6 Å². The molecule has 0 bridgehead atoms. The molecule has 0 radical (unpaired) electrons. The lowest BCUT2D eigenvalue weighted by Gasteiger charge is -2.17. The molecule has 0 aromatic heterocycles. The number of halogens is 1. The van der Waals surface area contributed by atoms with Gasteiger partial charge in [-0.3, -0.25) is 14.5 Å². The molecule has 0 atom stereocenters. The number of carbonyl (C=O) groups excluding carboxylic acids is 3. The summed E-state index contributed by atoms with van der Waals surface area (Å²) in [5.41, 5.74) is 0.713. The number of urea groups is 1. The Balaban J connectivity index is 2.10. The van der Waals surface area contributed by atoms with Crippen molar-refractivity contribution in [3.8, 4) is 11.8 Å². The van der Waals surface area contributed by atoms with Crippen molar-refractivity contribution in [3.63, 3.8) is 0 Å². The topological polar surface area (TPSA) is 57.7 Å². The van der Waals surface area contributed by atoms with E-state index in [4.69, 9.17) is 11.6 Å². The van der Waals surface area contributed by atoms with Crippen LogP contribution < -0.4 is 0 Å². The first-order chi connectivity index (χ1) is 9.91. The Kier molecular flexibility index (Phi) is 4.29. The van der Waals surface area contributed by atoms with Crippen LogP contribution in [0, 0.1) is 11.8 Å². The van der Waals surface area contributed by atoms with Crippen LogP contribution in [0.4, 0.5) is 4.79 Å². The molecule has 0 N–H and O–H groups in total. The van der Waals surface area contributed by atoms with E-state index < -0.39 is 17.8 Å². The molecule has 1 fully saturated rings. The van der Waals surface area contributed by atoms with Gasteiger partial charge in [-0.25, -0.2) is 9.69 Å². The zero-order valence-corrected chi connectivity index (χ0v) is 12.3. The Bertz CT molecular complexity index is 656. The van der Waals surface area contributed by atoms with Crippen molar-refractivity contribution in [2.24, 2.45) is 0 Å². The highest BCUT2D eigenvalue weighted by atomic mass is 35.5. The Morgan fingerprint density at radius 1 is 1.10 bits per heavy atom. The highest BCUT2D eigenvalue weighted by molar-refractivity contribution is 6.44. The predicted molar refractivity (Wildman–Crippen MR) is 77.4 cm³/mol. The van der Waals surface area contributed by atoms with Gasteiger partial charge in [0.2, 0.25) is 0 Å². The fourth-order valence-corrected chi connectivity index (χ4v) is 2.00. The summed E-state index contributed by atoms with van der Waals surface area (Å²) in [6.07, 6.45) is 0. The van der Waals surface area contributed by atoms with Gasteiger partial charge in [-0.1, -0.05) is 23.4 Å². The van der Waals surface area contributed by atoms with Crippen LogP contribution in [0.5, 0.6) is 0 Å². The van der Waals surface area contributed by atoms with E-state index in [2.05, 4.69) is 11.8 Å². The molecule has 108 valence electrons. The normalized spacial score (nSPS) is 14.8. The molecule has 0 unspecified atom stereocenters. The van der Waals surface area contributed by atoms with Crippen LogP contribution in [0.25, 0.3) is 0 Å². The van der Waals surface area contributed by atoms with Gasteiger partial charge in [-0.15, -0.1) is 0 Å². The van der Waals surface area contributed by atoms with Crippen LogP contribution in [0.2, 0.25) is 5.02 Å². The molecule has 1 aliphatic rings. The molecule has 6 heteroatoms. The minimum Gasteiger partial charge on any atom is -0.263 e. The molecule has 5 nitrogen and oxygen atoms in total. The Hall–Kier alpha value is -2.32. The van der Waals surface area contributed by atoms with Gasteiger partial charge in [0.25, 0.3) is 0 Å². The SMILES string of the molecule is CC(C)N1C(=O)C(=O)N(CC#Cc2ccc(Cl)cc2)C1=O. The summed E-state index contributed by atoms with van der Waals surface area (Å²) < 4.78 is 0. The first-order valence-electron chi connectivity index (χ1n) is 6.35. The second-order valence-electron chi connectivity index (χ2n) is 4.75. The van der Waals surface area contributed by atoms with Crippen molar-refractivity contribution in [2.45, 2.75) is 19.9 Å². The maximum Gasteiger partial charge on any atom is 0.335 e. The van der Waals surface area contributed by atoms with E-state index >= 15 is 0 Å². The van der Waals surface area contributed by atoms with Crippen molar-refractivity contribution in [1.82, 2.24) is 9.80 Å². The highest BCUT2D eigenvalue weighted by Gasteiger charge is 2.45. The van der Waals surface area contributed by atoms with Crippen LogP contribution in [0.1, 0.15) is 19.4 Å². The van der Waals surface area contributed by atoms with E-state index in [-0.39, 0.29) is 12.6 Å². The van der Waals surface area contributed by atoms with Gasteiger partial charge >= 0.3 is 17.8 Å². The summed E-state index contributed by atoms with van der Waals surface area (Å²) in [6.45, 7) is 3.23. The molecule has 4 amide bonds. The van der Waals surface area contributed by atoms with E-state index in [9.17, 15) is 14.4 Å². The predicted octanol–water partition coefficient (Wildman–Crippen LogP) is 1.89. The lowest BCUT2D eigenvalue weighted by Crippen LogP contribution is -2.38. The number of rotatable bonds is 2. The zero-order chi connectivity index (χ0) is 15.6. The van der Waals surface area contributed by atoms with Gasteiger partial charge in [0.15, 0.2) is 0 Å². The summed E-state index contributed by atoms with van der Waals surface area (Å²) in [6, 6.07) is 5.88. The number of nitrogens with zero attached hydrogens (tertiary/aromatic N) is 2. The average molecular weight is 305 g/mol. The van der Waals surface area contributed by atoms with Gasteiger partial charge in [0.05, 0.1) is 6.54 Å². The number of benzene rings is 1. The van der Waals surface area contributed by atoms with Crippen molar-refractivity contribution < 1.29 is 14.4 Å². The van der Waals surface area contributed by atoms with E-state index in [0.717, 1.165) is 9.80 Å². The third-order valence-electron chi connectivity index (χ3n) is 2.91. The van der Waals surface area contributed by atoms with Crippen molar-refractivity contribution >= 4 is 29.4 Å². The summed E-state index contributed by atoms with van der Waals surface area (Å²) in [5, 5.41) is 0.601. The van der Waals surface area contributed by atoms with Gasteiger partial charge in [-0.05, 0) is 38.1 Å². The molecular formula is C15H13ClN2O3. The fraction of sp³-hybridized carbons (Fsp3) is 0.267. The third kappa shape index (κ3) is 3.06. The molecule has 2 rings (SSSR count). The van der Waals surface area contributed by atoms with Gasteiger partial charge < -0.3 is 0 Å². The highest BCUT2D eigenvalue weighted by Crippen LogP contribution is 2.14. The maximum atomic E-state index is 12.0. The minimum absolute atomic E-state index is 0.116. The van der Waals surface area contributed by atoms with Crippen LogP contribution in [-0.4, -0.2) is 40.2 Å². The Morgan fingerprint density at radius 2 is 1.71 bits per heavy atom. The molecule has 1 aromatic carbocycles. The van der Waals surface area contributed by atoms with E-state index in [1.165, 1.54) is 0 Å². The summed E-state index contributed by atoms with van der Waals surface area (Å²) >= 11 is 5.76. The van der Waals surface area contributed by atoms with Crippen molar-refractivity contribution in [1.29, 1.82) is 0 Å². The zero-order valence-electron chi connectivity index (χ0n) is 11.6. The lowest BCUT2D eigenvalue weighted by atomic mass is 10.2. The van der Waals surface area contributed by atoms with Crippen LogP contribution in [-0.2, 0) is 9.59 Å². The quantitative estimate of drug-likeness (QED) is 0.476. The summed E-state index contributed by atoms with van der Waals surface area (Å²) in [4.78, 5) is 37.2. The second kappa shape index (κ2) is 5.98. The number of hydrogen-bond donors (Lipinski definition) is 0. The summed E-state index contributed by atoms with van der Waals surface area (Å²) in [7, 11) is 0. The van der Waals surface area contributed by atoms with Gasteiger partial charge in [0.1, 0.15) is 0 Å². The standard InChI is InChI=1S/C15H13ClN2O3/c1-10(2)18-14(20)13(19)17(15(18)21)9-3-4-11-5-7-12(16)8-6-11/h5-8,10H,9H2,1-2H3. The number of amides is 4. The molecule has 0 spiro atoms. The lowest BCUT2D eigenvalue weighted by molar-refractivity contribution is -0.143. The molecule has 1 aromatic rings. The van der Waals surface area contributed by atoms with E-state index in [1.54, 1.807) is 38.1 Å². The van der Waals surface area contributed by atoms with Crippen molar-refractivity contribution in [3.05, 3.63) is 34.9 Å².